The Morgan fingerprint density at radius 1 is 1.42 bits per heavy atom. The van der Waals surface area contributed by atoms with E-state index in [9.17, 15) is 4.79 Å². The van der Waals surface area contributed by atoms with Crippen molar-refractivity contribution in [3.8, 4) is 0 Å². The zero-order valence-electron chi connectivity index (χ0n) is 10.5. The molecule has 1 aromatic carbocycles. The Balaban J connectivity index is 2.42. The number of hydrogen-bond donors (Lipinski definition) is 2. The van der Waals surface area contributed by atoms with Gasteiger partial charge in [-0.25, -0.2) is 0 Å². The minimum Gasteiger partial charge on any atom is -0.368 e. The third kappa shape index (κ3) is 2.47. The van der Waals surface area contributed by atoms with Gasteiger partial charge in [-0.1, -0.05) is 41.9 Å². The minimum absolute atomic E-state index is 0.144. The molecule has 1 unspecified atom stereocenters. The quantitative estimate of drug-likeness (QED) is 0.880. The molecule has 0 aliphatic carbocycles. The van der Waals surface area contributed by atoms with Crippen molar-refractivity contribution in [2.75, 3.05) is 0 Å². The van der Waals surface area contributed by atoms with Crippen molar-refractivity contribution in [1.29, 1.82) is 0 Å². The molecule has 2 rings (SSSR count). The zero-order chi connectivity index (χ0) is 14.0. The van der Waals surface area contributed by atoms with Gasteiger partial charge in [0.05, 0.1) is 23.5 Å². The topological polar surface area (TPSA) is 86.9 Å². The number of nitrogens with two attached hydrogens (primary N) is 2. The summed E-state index contributed by atoms with van der Waals surface area (Å²) in [4.78, 5) is 11.8. The zero-order valence-corrected chi connectivity index (χ0v) is 11.3. The van der Waals surface area contributed by atoms with Gasteiger partial charge in [-0.3, -0.25) is 9.48 Å². The largest absolute Gasteiger partial charge is 0.368 e. The van der Waals surface area contributed by atoms with Crippen LogP contribution in [0.15, 0.2) is 36.5 Å². The van der Waals surface area contributed by atoms with Crippen molar-refractivity contribution in [3.63, 3.8) is 0 Å². The molecule has 0 fully saturated rings. The first kappa shape index (κ1) is 13.6. The number of amides is 1. The highest BCUT2D eigenvalue weighted by atomic mass is 35.5. The second kappa shape index (κ2) is 5.03. The number of primary amides is 1. The fraction of sp³-hybridized carbons (Fsp3) is 0.231. The van der Waals surface area contributed by atoms with Gasteiger partial charge >= 0.3 is 0 Å². The van der Waals surface area contributed by atoms with Gasteiger partial charge in [0.25, 0.3) is 0 Å². The van der Waals surface area contributed by atoms with E-state index in [0.717, 1.165) is 5.69 Å². The highest BCUT2D eigenvalue weighted by Gasteiger charge is 2.35. The summed E-state index contributed by atoms with van der Waals surface area (Å²) in [7, 11) is 0. The van der Waals surface area contributed by atoms with E-state index in [1.165, 1.54) is 6.20 Å². The van der Waals surface area contributed by atoms with Gasteiger partial charge in [-0.05, 0) is 12.5 Å². The Hall–Kier alpha value is -1.85. The molecule has 0 radical (unpaired) electrons. The molecule has 2 aromatic rings. The molecular weight excluding hydrogens is 264 g/mol. The van der Waals surface area contributed by atoms with E-state index in [-0.39, 0.29) is 6.54 Å². The number of carbonyl (C=O) groups excluding carboxylic acids is 1. The van der Waals surface area contributed by atoms with Crippen molar-refractivity contribution < 1.29 is 4.79 Å². The fourth-order valence-electron chi connectivity index (χ4n) is 1.87. The summed E-state index contributed by atoms with van der Waals surface area (Å²) in [5, 5.41) is 4.63. The molecule has 4 N–H and O–H groups in total. The summed E-state index contributed by atoms with van der Waals surface area (Å²) < 4.78 is 1.58. The van der Waals surface area contributed by atoms with Crippen LogP contribution in [0.5, 0.6) is 0 Å². The first-order valence-electron chi connectivity index (χ1n) is 5.77. The predicted molar refractivity (Wildman–Crippen MR) is 73.5 cm³/mol. The standard InChI is InChI=1S/C13H15ClN4O/c1-9-11(14)7-17-18(9)8-13(16,12(15)19)10-5-3-2-4-6-10/h2-7H,8,16H2,1H3,(H2,15,19). The summed E-state index contributed by atoms with van der Waals surface area (Å²) in [6, 6.07) is 9.00. The first-order valence-corrected chi connectivity index (χ1v) is 6.15. The molecule has 0 saturated heterocycles. The van der Waals surface area contributed by atoms with Crippen LogP contribution in [-0.2, 0) is 16.9 Å². The van der Waals surface area contributed by atoms with Crippen LogP contribution in [0.1, 0.15) is 11.3 Å². The van der Waals surface area contributed by atoms with Gasteiger partial charge in [0, 0.05) is 0 Å². The SMILES string of the molecule is Cc1c(Cl)cnn1CC(N)(C(N)=O)c1ccccc1. The summed E-state index contributed by atoms with van der Waals surface area (Å²) in [6.45, 7) is 1.95. The summed E-state index contributed by atoms with van der Waals surface area (Å²) in [5.74, 6) is -0.607. The molecule has 0 saturated carbocycles. The molecule has 0 aliphatic heterocycles. The average molecular weight is 279 g/mol. The molecule has 0 bridgehead atoms. The van der Waals surface area contributed by atoms with Gasteiger partial charge < -0.3 is 11.5 Å². The molecule has 1 amide bonds. The molecule has 0 aliphatic rings. The number of hydrogen-bond acceptors (Lipinski definition) is 3. The monoisotopic (exact) mass is 278 g/mol. The lowest BCUT2D eigenvalue weighted by Crippen LogP contribution is -2.52. The Bertz CT molecular complexity index is 596. The number of halogens is 1. The second-order valence-corrected chi connectivity index (χ2v) is 4.84. The number of benzene rings is 1. The number of rotatable bonds is 4. The maximum absolute atomic E-state index is 11.8. The molecular formula is C13H15ClN4O. The Kier molecular flexibility index (Phi) is 3.59. The van der Waals surface area contributed by atoms with Crippen LogP contribution in [0.3, 0.4) is 0 Å². The van der Waals surface area contributed by atoms with Crippen LogP contribution in [0.25, 0.3) is 0 Å². The predicted octanol–water partition coefficient (Wildman–Crippen LogP) is 1.18. The molecule has 19 heavy (non-hydrogen) atoms. The lowest BCUT2D eigenvalue weighted by molar-refractivity contribution is -0.124. The fourth-order valence-corrected chi connectivity index (χ4v) is 2.01. The number of carbonyl (C=O) groups is 1. The van der Waals surface area contributed by atoms with E-state index >= 15 is 0 Å². The minimum atomic E-state index is -1.32. The van der Waals surface area contributed by atoms with Crippen LogP contribution in [-0.4, -0.2) is 15.7 Å². The van der Waals surface area contributed by atoms with Crippen molar-refractivity contribution >= 4 is 17.5 Å². The molecule has 6 heteroatoms. The Morgan fingerprint density at radius 3 is 2.53 bits per heavy atom. The summed E-state index contributed by atoms with van der Waals surface area (Å²) in [6.07, 6.45) is 1.52. The second-order valence-electron chi connectivity index (χ2n) is 4.44. The van der Waals surface area contributed by atoms with E-state index in [4.69, 9.17) is 23.1 Å². The average Bonchev–Trinajstić information content (AvgIpc) is 2.71. The molecule has 0 spiro atoms. The Morgan fingerprint density at radius 2 is 2.05 bits per heavy atom. The van der Waals surface area contributed by atoms with Crippen LogP contribution in [0.2, 0.25) is 5.02 Å². The third-order valence-electron chi connectivity index (χ3n) is 3.17. The van der Waals surface area contributed by atoms with E-state index in [0.29, 0.717) is 10.6 Å². The van der Waals surface area contributed by atoms with Crippen molar-refractivity contribution in [2.45, 2.75) is 19.0 Å². The highest BCUT2D eigenvalue weighted by molar-refractivity contribution is 6.31. The van der Waals surface area contributed by atoms with E-state index < -0.39 is 11.4 Å². The van der Waals surface area contributed by atoms with Gasteiger partial charge in [0.15, 0.2) is 0 Å². The van der Waals surface area contributed by atoms with Crippen LogP contribution in [0.4, 0.5) is 0 Å². The lowest BCUT2D eigenvalue weighted by atomic mass is 9.90. The van der Waals surface area contributed by atoms with Gasteiger partial charge in [-0.15, -0.1) is 0 Å². The van der Waals surface area contributed by atoms with Crippen LogP contribution in [0, 0.1) is 6.92 Å². The lowest BCUT2D eigenvalue weighted by Gasteiger charge is -2.27. The molecule has 1 aromatic heterocycles. The van der Waals surface area contributed by atoms with Crippen molar-refractivity contribution in [3.05, 3.63) is 52.8 Å². The van der Waals surface area contributed by atoms with Crippen molar-refractivity contribution in [2.24, 2.45) is 11.5 Å². The van der Waals surface area contributed by atoms with Gasteiger partial charge in [0.2, 0.25) is 5.91 Å². The van der Waals surface area contributed by atoms with E-state index in [1.807, 2.05) is 25.1 Å². The highest BCUT2D eigenvalue weighted by Crippen LogP contribution is 2.22. The molecule has 1 heterocycles. The smallest absolute Gasteiger partial charge is 0.244 e. The third-order valence-corrected chi connectivity index (χ3v) is 3.54. The van der Waals surface area contributed by atoms with Crippen molar-refractivity contribution in [1.82, 2.24) is 9.78 Å². The van der Waals surface area contributed by atoms with E-state index in [2.05, 4.69) is 5.10 Å². The summed E-state index contributed by atoms with van der Waals surface area (Å²) >= 11 is 5.94. The molecule has 5 nitrogen and oxygen atoms in total. The maximum Gasteiger partial charge on any atom is 0.244 e. The normalized spacial score (nSPS) is 14.1. The maximum atomic E-state index is 11.8. The molecule has 100 valence electrons. The Labute approximate surface area is 116 Å². The number of nitrogens with zero attached hydrogens (tertiary/aromatic N) is 2. The van der Waals surface area contributed by atoms with Gasteiger partial charge in [-0.2, -0.15) is 5.10 Å². The van der Waals surface area contributed by atoms with E-state index in [1.54, 1.807) is 16.8 Å². The first-order chi connectivity index (χ1) is 8.95. The molecule has 1 atom stereocenters. The van der Waals surface area contributed by atoms with Crippen LogP contribution < -0.4 is 11.5 Å². The summed E-state index contributed by atoms with van der Waals surface area (Å²) in [5.41, 5.74) is 11.7. The number of aromatic nitrogens is 2. The van der Waals surface area contributed by atoms with Gasteiger partial charge in [0.1, 0.15) is 5.54 Å². The van der Waals surface area contributed by atoms with Crippen LogP contribution >= 0.6 is 11.6 Å².